The van der Waals surface area contributed by atoms with Crippen molar-refractivity contribution in [2.45, 2.75) is 30.4 Å². The Kier molecular flexibility index (Phi) is 24.1. The molecule has 1 rings (SSSR count). The van der Waals surface area contributed by atoms with Crippen molar-refractivity contribution in [1.29, 1.82) is 0 Å². The van der Waals surface area contributed by atoms with Crippen molar-refractivity contribution in [3.8, 4) is 0 Å². The van der Waals surface area contributed by atoms with Crippen LogP contribution in [0.1, 0.15) is 18.4 Å². The molecule has 194 valence electrons. The number of rotatable bonds is 16. The van der Waals surface area contributed by atoms with E-state index in [0.29, 0.717) is 36.8 Å². The number of amides is 2. The molecular formula is C18H26Cl2N3Na3O9P2. The largest absolute Gasteiger partial charge is 1.00 e. The van der Waals surface area contributed by atoms with Gasteiger partial charge in [0.05, 0.1) is 0 Å². The average Bonchev–Trinajstić information content (AvgIpc) is 2.75. The minimum Gasteiger partial charge on any atom is -0.808 e. The van der Waals surface area contributed by atoms with E-state index in [1.54, 1.807) is 12.1 Å². The first-order valence-electron chi connectivity index (χ1n) is 10.0. The molecule has 0 spiro atoms. The number of hydrogen-bond acceptors (Lipinski definition) is 9. The predicted octanol–water partition coefficient (Wildman–Crippen LogP) is -10.4. The van der Waals surface area contributed by atoms with Gasteiger partial charge in [0.1, 0.15) is 6.04 Å². The molecule has 1 aromatic rings. The standard InChI is InChI=1S/C18H29Cl2N3O9P2.3Na/c19-7-10-23(11-8-20)15-4-2-14(3-5-15)12-16(22-13-24)17(25)21-9-1-6-18(26,33(27,28)29)34(30,31)32;;;/h2-5,13,16,26H,1,6-12H2,(H,21,25)(H,22,24)(H2,27,28,29)(H2,30,31,32);;;/q;3*+1/p-3/t16-;;;/m0.../s1. The van der Waals surface area contributed by atoms with Gasteiger partial charge in [0, 0.05) is 43.5 Å². The van der Waals surface area contributed by atoms with Gasteiger partial charge < -0.3 is 49.3 Å². The van der Waals surface area contributed by atoms with Crippen LogP contribution in [0.5, 0.6) is 0 Å². The van der Waals surface area contributed by atoms with E-state index < -0.39 is 45.1 Å². The van der Waals surface area contributed by atoms with Gasteiger partial charge in [-0.1, -0.05) is 12.1 Å². The number of hydrogen-bond donors (Lipinski definition) is 4. The summed E-state index contributed by atoms with van der Waals surface area (Å²) in [5.41, 5.74) is 1.58. The van der Waals surface area contributed by atoms with Gasteiger partial charge in [0.15, 0.2) is 12.7 Å². The number of anilines is 1. The summed E-state index contributed by atoms with van der Waals surface area (Å²) in [5, 5.41) is 10.5. The van der Waals surface area contributed by atoms with E-state index in [4.69, 9.17) is 28.1 Å². The molecule has 0 aliphatic carbocycles. The van der Waals surface area contributed by atoms with Crippen LogP contribution < -0.4 is 119 Å². The van der Waals surface area contributed by atoms with Crippen LogP contribution >= 0.6 is 38.4 Å². The van der Waals surface area contributed by atoms with E-state index in [2.05, 4.69) is 10.6 Å². The van der Waals surface area contributed by atoms with Crippen molar-refractivity contribution in [3.63, 3.8) is 0 Å². The first-order valence-corrected chi connectivity index (χ1v) is 14.2. The number of nitrogens with zero attached hydrogens (tertiary/aromatic N) is 1. The number of alkyl halides is 2. The first-order chi connectivity index (χ1) is 15.8. The van der Waals surface area contributed by atoms with Crippen molar-refractivity contribution in [1.82, 2.24) is 10.6 Å². The number of halogens is 2. The average molecular weight is 630 g/mol. The van der Waals surface area contributed by atoms with Gasteiger partial charge in [-0.2, -0.15) is 0 Å². The molecule has 0 aromatic heterocycles. The van der Waals surface area contributed by atoms with Crippen LogP contribution in [0.25, 0.3) is 0 Å². The third kappa shape index (κ3) is 14.0. The Morgan fingerprint density at radius 2 is 1.59 bits per heavy atom. The number of carbonyl (C=O) groups is 2. The van der Waals surface area contributed by atoms with Crippen LogP contribution in [-0.4, -0.2) is 64.8 Å². The Bertz CT molecular complexity index is 882. The van der Waals surface area contributed by atoms with E-state index in [0.717, 1.165) is 5.69 Å². The van der Waals surface area contributed by atoms with Gasteiger partial charge in [-0.15, -0.1) is 23.2 Å². The van der Waals surface area contributed by atoms with Crippen LogP contribution in [0.15, 0.2) is 24.3 Å². The zero-order valence-corrected chi connectivity index (χ0v) is 30.3. The summed E-state index contributed by atoms with van der Waals surface area (Å²) in [4.78, 5) is 67.7. The van der Waals surface area contributed by atoms with E-state index in [1.807, 2.05) is 17.0 Å². The Morgan fingerprint density at radius 1 is 1.08 bits per heavy atom. The molecule has 1 aromatic carbocycles. The van der Waals surface area contributed by atoms with Crippen molar-refractivity contribution in [2.75, 3.05) is 36.3 Å². The summed E-state index contributed by atoms with van der Waals surface area (Å²) in [6.07, 6.45) is -1.20. The fraction of sp³-hybridized carbons (Fsp3) is 0.556. The van der Waals surface area contributed by atoms with E-state index >= 15 is 0 Å². The maximum absolute atomic E-state index is 12.4. The molecule has 0 bridgehead atoms. The van der Waals surface area contributed by atoms with Crippen LogP contribution in [0, 0.1) is 0 Å². The summed E-state index contributed by atoms with van der Waals surface area (Å²) < 4.78 is 22.3. The molecule has 2 unspecified atom stereocenters. The Morgan fingerprint density at radius 3 is 2.00 bits per heavy atom. The zero-order valence-electron chi connectivity index (χ0n) is 21.0. The zero-order chi connectivity index (χ0) is 26.0. The molecule has 2 amide bonds. The topological polar surface area (TPSA) is 205 Å². The maximum atomic E-state index is 12.4. The fourth-order valence-corrected chi connectivity index (χ4v) is 5.57. The molecule has 4 N–H and O–H groups in total. The third-order valence-electron chi connectivity index (χ3n) is 4.92. The molecule has 3 atom stereocenters. The SMILES string of the molecule is O=CN[C@@H](Cc1ccc(N(CCCl)CCCl)cc1)C(=O)NCCCC(O)(P(=O)([O-])[O-])P(=O)([O-])O.[Na+].[Na+].[Na+]. The van der Waals surface area contributed by atoms with E-state index in [-0.39, 0.29) is 102 Å². The smallest absolute Gasteiger partial charge is 0.808 e. The third-order valence-corrected chi connectivity index (χ3v) is 8.98. The fourth-order valence-electron chi connectivity index (χ4n) is 3.06. The summed E-state index contributed by atoms with van der Waals surface area (Å²) in [7, 11) is -12.1. The normalized spacial score (nSPS) is 14.8. The van der Waals surface area contributed by atoms with Crippen molar-refractivity contribution in [3.05, 3.63) is 29.8 Å². The van der Waals surface area contributed by atoms with Gasteiger partial charge in [-0.25, -0.2) is 0 Å². The number of carbonyl (C=O) groups excluding carboxylic acids is 2. The van der Waals surface area contributed by atoms with Crippen LogP contribution in [0.3, 0.4) is 0 Å². The van der Waals surface area contributed by atoms with Crippen molar-refractivity contribution >= 4 is 56.4 Å². The van der Waals surface area contributed by atoms with E-state index in [9.17, 15) is 38.5 Å². The molecule has 0 aliphatic heterocycles. The second-order valence-electron chi connectivity index (χ2n) is 7.26. The van der Waals surface area contributed by atoms with Gasteiger partial charge in [0.25, 0.3) is 0 Å². The Balaban J connectivity index is -0.00000385. The van der Waals surface area contributed by atoms with Crippen molar-refractivity contribution < 1.29 is 132 Å². The molecule has 0 saturated carbocycles. The number of aliphatic hydroxyl groups is 1. The van der Waals surface area contributed by atoms with Gasteiger partial charge in [0.2, 0.25) is 12.3 Å². The summed E-state index contributed by atoms with van der Waals surface area (Å²) in [5.74, 6) is 0.146. The molecule has 0 fully saturated rings. The van der Waals surface area contributed by atoms with Crippen LogP contribution in [0.2, 0.25) is 0 Å². The molecule has 0 saturated heterocycles. The predicted molar refractivity (Wildman–Crippen MR) is 121 cm³/mol. The van der Waals surface area contributed by atoms with Crippen LogP contribution in [-0.2, 0) is 25.1 Å². The second-order valence-corrected chi connectivity index (χ2v) is 11.9. The molecule has 37 heavy (non-hydrogen) atoms. The molecule has 12 nitrogen and oxygen atoms in total. The van der Waals surface area contributed by atoms with Crippen molar-refractivity contribution in [2.24, 2.45) is 0 Å². The molecule has 0 heterocycles. The monoisotopic (exact) mass is 629 g/mol. The number of nitrogens with one attached hydrogen (secondary N) is 2. The van der Waals surface area contributed by atoms with Crippen LogP contribution in [0.4, 0.5) is 5.69 Å². The molecule has 0 radical (unpaired) electrons. The molecular weight excluding hydrogens is 604 g/mol. The molecule has 0 aliphatic rings. The van der Waals surface area contributed by atoms with Gasteiger partial charge >= 0.3 is 88.7 Å². The molecule has 19 heteroatoms. The summed E-state index contributed by atoms with van der Waals surface area (Å²) in [6.45, 7) is 0.836. The Hall–Kier alpha value is 1.80. The quantitative estimate of drug-likeness (QED) is 0.0446. The van der Waals surface area contributed by atoms with Gasteiger partial charge in [-0.3, -0.25) is 9.59 Å². The number of benzene rings is 1. The van der Waals surface area contributed by atoms with Gasteiger partial charge in [-0.05, 0) is 38.1 Å². The Labute approximate surface area is 292 Å². The minimum absolute atomic E-state index is 0. The minimum atomic E-state index is -6.13. The summed E-state index contributed by atoms with van der Waals surface area (Å²) >= 11 is 11.6. The maximum Gasteiger partial charge on any atom is 1.00 e. The second kappa shape index (κ2) is 20.6. The van der Waals surface area contributed by atoms with E-state index in [1.165, 1.54) is 0 Å². The summed E-state index contributed by atoms with van der Waals surface area (Å²) in [6, 6.07) is 6.12. The first kappa shape index (κ1) is 43.3.